The van der Waals surface area contributed by atoms with E-state index in [1.165, 1.54) is 19.3 Å². The molecule has 1 heterocycles. The molecule has 0 spiro atoms. The van der Waals surface area contributed by atoms with Crippen LogP contribution in [0.25, 0.3) is 0 Å². The summed E-state index contributed by atoms with van der Waals surface area (Å²) in [4.78, 5) is 15.3. The Balaban J connectivity index is 1.57. The molecule has 3 heteroatoms. The van der Waals surface area contributed by atoms with Crippen LogP contribution >= 0.6 is 0 Å². The van der Waals surface area contributed by atoms with Crippen LogP contribution in [0.4, 0.5) is 0 Å². The highest BCUT2D eigenvalue weighted by Crippen LogP contribution is 2.65. The van der Waals surface area contributed by atoms with E-state index >= 15 is 0 Å². The molecular weight excluding hydrogens is 262 g/mol. The monoisotopic (exact) mass is 291 g/mol. The van der Waals surface area contributed by atoms with Gasteiger partial charge in [0.25, 0.3) is 0 Å². The minimum Gasteiger partial charge on any atom is -0.391 e. The number of hydrogen-bond acceptors (Lipinski definition) is 2. The number of likely N-dealkylation sites (tertiary alicyclic amines) is 1. The second-order valence-corrected chi connectivity index (χ2v) is 9.14. The van der Waals surface area contributed by atoms with Gasteiger partial charge in [0.1, 0.15) is 0 Å². The van der Waals surface area contributed by atoms with Crippen molar-refractivity contribution in [3.63, 3.8) is 0 Å². The van der Waals surface area contributed by atoms with E-state index in [0.717, 1.165) is 44.1 Å². The quantitative estimate of drug-likeness (QED) is 0.807. The summed E-state index contributed by atoms with van der Waals surface area (Å²) < 4.78 is 0. The van der Waals surface area contributed by atoms with Gasteiger partial charge in [-0.3, -0.25) is 4.79 Å². The van der Waals surface area contributed by atoms with E-state index in [1.54, 1.807) is 0 Å². The summed E-state index contributed by atoms with van der Waals surface area (Å²) in [7, 11) is 0. The maximum atomic E-state index is 13.3. The van der Waals surface area contributed by atoms with Gasteiger partial charge in [0.05, 0.1) is 11.5 Å². The fourth-order valence-corrected chi connectivity index (χ4v) is 6.54. The summed E-state index contributed by atoms with van der Waals surface area (Å²) in [5, 5.41) is 10.1. The third-order valence-corrected chi connectivity index (χ3v) is 7.01. The summed E-state index contributed by atoms with van der Waals surface area (Å²) in [6.45, 7) is 5.93. The standard InChI is InChI=1S/C18H29NO2/c1-12-3-4-19(10-15(12)20)16(21)18-8-13-5-14(9-18)7-17(2,6-13)11-18/h12-15,20H,3-11H2,1-2H3. The molecule has 1 amide bonds. The smallest absolute Gasteiger partial charge is 0.228 e. The number of hydrogen-bond donors (Lipinski definition) is 1. The second kappa shape index (κ2) is 4.47. The summed E-state index contributed by atoms with van der Waals surface area (Å²) in [6.07, 6.45) is 8.04. The molecule has 0 aromatic rings. The van der Waals surface area contributed by atoms with Crippen molar-refractivity contribution in [3.05, 3.63) is 0 Å². The average molecular weight is 291 g/mol. The highest BCUT2D eigenvalue weighted by molar-refractivity contribution is 5.83. The third-order valence-electron chi connectivity index (χ3n) is 7.01. The van der Waals surface area contributed by atoms with E-state index in [9.17, 15) is 9.90 Å². The van der Waals surface area contributed by atoms with Crippen LogP contribution in [0.5, 0.6) is 0 Å². The molecule has 21 heavy (non-hydrogen) atoms. The lowest BCUT2D eigenvalue weighted by Gasteiger charge is -2.61. The van der Waals surface area contributed by atoms with Gasteiger partial charge in [-0.2, -0.15) is 0 Å². The lowest BCUT2D eigenvalue weighted by molar-refractivity contribution is -0.169. The van der Waals surface area contributed by atoms with Crippen LogP contribution in [0, 0.1) is 28.6 Å². The van der Waals surface area contributed by atoms with Crippen LogP contribution in [-0.2, 0) is 4.79 Å². The number of piperidine rings is 1. The molecule has 1 saturated heterocycles. The van der Waals surface area contributed by atoms with Crippen molar-refractivity contribution < 1.29 is 9.90 Å². The molecule has 0 radical (unpaired) electrons. The van der Waals surface area contributed by atoms with Crippen LogP contribution < -0.4 is 0 Å². The minimum absolute atomic E-state index is 0.0703. The molecule has 118 valence electrons. The molecule has 4 unspecified atom stereocenters. The summed E-state index contributed by atoms with van der Waals surface area (Å²) in [5.74, 6) is 2.29. The number of amides is 1. The van der Waals surface area contributed by atoms with Gasteiger partial charge in [-0.25, -0.2) is 0 Å². The first-order valence-electron chi connectivity index (χ1n) is 8.87. The lowest BCUT2D eigenvalue weighted by Crippen LogP contribution is -2.59. The van der Waals surface area contributed by atoms with Gasteiger partial charge in [-0.1, -0.05) is 13.8 Å². The number of carbonyl (C=O) groups is 1. The van der Waals surface area contributed by atoms with Gasteiger partial charge < -0.3 is 10.0 Å². The molecule has 4 aliphatic carbocycles. The van der Waals surface area contributed by atoms with Crippen LogP contribution in [0.15, 0.2) is 0 Å². The lowest BCUT2D eigenvalue weighted by atomic mass is 9.44. The average Bonchev–Trinajstić information content (AvgIpc) is 2.38. The number of rotatable bonds is 1. The van der Waals surface area contributed by atoms with E-state index in [1.807, 2.05) is 4.90 Å². The molecule has 4 saturated carbocycles. The summed E-state index contributed by atoms with van der Waals surface area (Å²) >= 11 is 0. The Hall–Kier alpha value is -0.570. The molecule has 3 nitrogen and oxygen atoms in total. The predicted octanol–water partition coefficient (Wildman–Crippen LogP) is 2.82. The molecule has 0 aromatic carbocycles. The van der Waals surface area contributed by atoms with Gasteiger partial charge >= 0.3 is 0 Å². The van der Waals surface area contributed by atoms with Crippen molar-refractivity contribution >= 4 is 5.91 Å². The fourth-order valence-electron chi connectivity index (χ4n) is 6.54. The van der Waals surface area contributed by atoms with E-state index < -0.39 is 0 Å². The number of aliphatic hydroxyl groups excluding tert-OH is 1. The van der Waals surface area contributed by atoms with E-state index in [4.69, 9.17) is 0 Å². The topological polar surface area (TPSA) is 40.5 Å². The van der Waals surface area contributed by atoms with Crippen molar-refractivity contribution in [2.45, 2.75) is 64.9 Å². The Morgan fingerprint density at radius 3 is 2.43 bits per heavy atom. The Bertz CT molecular complexity index is 446. The molecule has 4 atom stereocenters. The highest BCUT2D eigenvalue weighted by Gasteiger charge is 2.59. The normalized spacial score (nSPS) is 52.2. The van der Waals surface area contributed by atoms with Crippen molar-refractivity contribution in [1.29, 1.82) is 0 Å². The second-order valence-electron chi connectivity index (χ2n) is 9.14. The Labute approximate surface area is 128 Å². The van der Waals surface area contributed by atoms with E-state index in [-0.39, 0.29) is 11.5 Å². The Morgan fingerprint density at radius 1 is 1.19 bits per heavy atom. The molecule has 4 bridgehead atoms. The van der Waals surface area contributed by atoms with Gasteiger partial charge in [0.15, 0.2) is 0 Å². The van der Waals surface area contributed by atoms with Crippen molar-refractivity contribution in [3.8, 4) is 0 Å². The first-order valence-corrected chi connectivity index (χ1v) is 8.87. The highest BCUT2D eigenvalue weighted by atomic mass is 16.3. The van der Waals surface area contributed by atoms with E-state index in [0.29, 0.717) is 23.8 Å². The Morgan fingerprint density at radius 2 is 1.86 bits per heavy atom. The third kappa shape index (κ3) is 2.15. The van der Waals surface area contributed by atoms with E-state index in [2.05, 4.69) is 13.8 Å². The number of carbonyl (C=O) groups excluding carboxylic acids is 1. The fraction of sp³-hybridized carbons (Fsp3) is 0.944. The molecular formula is C18H29NO2. The zero-order valence-electron chi connectivity index (χ0n) is 13.5. The van der Waals surface area contributed by atoms with Gasteiger partial charge in [-0.15, -0.1) is 0 Å². The zero-order valence-corrected chi connectivity index (χ0v) is 13.5. The molecule has 5 aliphatic rings. The first kappa shape index (κ1) is 14.0. The zero-order chi connectivity index (χ0) is 14.8. The largest absolute Gasteiger partial charge is 0.391 e. The van der Waals surface area contributed by atoms with Gasteiger partial charge in [0.2, 0.25) is 5.91 Å². The van der Waals surface area contributed by atoms with Crippen molar-refractivity contribution in [1.82, 2.24) is 4.90 Å². The number of β-amino-alcohol motifs (C(OH)–C–C–N with tert-alkyl or cyclic N) is 1. The van der Waals surface area contributed by atoms with Crippen LogP contribution in [0.2, 0.25) is 0 Å². The number of nitrogens with zero attached hydrogens (tertiary/aromatic N) is 1. The Kier molecular flexibility index (Phi) is 2.99. The van der Waals surface area contributed by atoms with Crippen molar-refractivity contribution in [2.75, 3.05) is 13.1 Å². The summed E-state index contributed by atoms with van der Waals surface area (Å²) in [6, 6.07) is 0. The van der Waals surface area contributed by atoms with Gasteiger partial charge in [0, 0.05) is 13.1 Å². The number of aliphatic hydroxyl groups is 1. The van der Waals surface area contributed by atoms with Crippen LogP contribution in [-0.4, -0.2) is 35.1 Å². The maximum Gasteiger partial charge on any atom is 0.228 e. The molecule has 1 aliphatic heterocycles. The van der Waals surface area contributed by atoms with Crippen LogP contribution in [0.3, 0.4) is 0 Å². The molecule has 0 aromatic heterocycles. The maximum absolute atomic E-state index is 13.3. The predicted molar refractivity (Wildman–Crippen MR) is 81.6 cm³/mol. The van der Waals surface area contributed by atoms with Gasteiger partial charge in [-0.05, 0) is 68.1 Å². The SMILES string of the molecule is CC1CCN(C(=O)C23CC4CC(CC(C)(C4)C2)C3)CC1O. The van der Waals surface area contributed by atoms with Crippen LogP contribution in [0.1, 0.15) is 58.8 Å². The van der Waals surface area contributed by atoms with Crippen molar-refractivity contribution in [2.24, 2.45) is 28.6 Å². The molecule has 5 fully saturated rings. The minimum atomic E-state index is -0.327. The molecule has 1 N–H and O–H groups in total. The summed E-state index contributed by atoms with van der Waals surface area (Å²) in [5.41, 5.74) is 0.348. The first-order chi connectivity index (χ1) is 9.89. The molecule has 5 rings (SSSR count).